The van der Waals surface area contributed by atoms with E-state index in [0.717, 1.165) is 22.2 Å². The lowest BCUT2D eigenvalue weighted by molar-refractivity contribution is 0.699. The second-order valence-electron chi connectivity index (χ2n) is 7.58. The Bertz CT molecular complexity index is 1570. The highest BCUT2D eigenvalue weighted by atomic mass is 16.1. The molecular weight excluding hydrogens is 404 g/mol. The van der Waals surface area contributed by atoms with Crippen molar-refractivity contribution in [2.24, 2.45) is 7.05 Å². The average Bonchev–Trinajstić information content (AvgIpc) is 3.56. The van der Waals surface area contributed by atoms with Gasteiger partial charge in [0.05, 0.1) is 30.1 Å². The molecule has 4 heterocycles. The van der Waals surface area contributed by atoms with Crippen LogP contribution in [-0.2, 0) is 13.6 Å². The zero-order chi connectivity index (χ0) is 21.7. The van der Waals surface area contributed by atoms with E-state index in [4.69, 9.17) is 5.10 Å². The number of para-hydroxylation sites is 1. The molecule has 9 nitrogen and oxygen atoms in total. The Morgan fingerprint density at radius 3 is 2.47 bits per heavy atom. The molecule has 0 saturated heterocycles. The molecule has 0 amide bonds. The van der Waals surface area contributed by atoms with E-state index in [1.54, 1.807) is 30.3 Å². The molecule has 0 N–H and O–H groups in total. The fraction of sp³-hybridized carbons (Fsp3) is 0.0870. The molecule has 2 aliphatic rings. The van der Waals surface area contributed by atoms with Gasteiger partial charge in [0.25, 0.3) is 0 Å². The van der Waals surface area contributed by atoms with Gasteiger partial charge >= 0.3 is 5.56 Å². The molecular formula is C23H18N8O. The topological polar surface area (TPSA) is 88.4 Å². The minimum atomic E-state index is -0.262. The molecule has 2 aromatic carbocycles. The summed E-state index contributed by atoms with van der Waals surface area (Å²) in [6, 6.07) is 17.9. The fourth-order valence-electron chi connectivity index (χ4n) is 3.90. The highest BCUT2D eigenvalue weighted by Crippen LogP contribution is 2.26. The second-order valence-corrected chi connectivity index (χ2v) is 7.58. The molecule has 32 heavy (non-hydrogen) atoms. The summed E-state index contributed by atoms with van der Waals surface area (Å²) < 4.78 is 6.67. The summed E-state index contributed by atoms with van der Waals surface area (Å²) >= 11 is 0. The normalized spacial score (nSPS) is 11.5. The molecule has 2 aromatic heterocycles. The van der Waals surface area contributed by atoms with Gasteiger partial charge in [-0.2, -0.15) is 25.1 Å². The Kier molecular flexibility index (Phi) is 4.00. The largest absolute Gasteiger partial charge is 0.301 e. The monoisotopic (exact) mass is 422 g/mol. The van der Waals surface area contributed by atoms with Crippen LogP contribution < -0.4 is 5.56 Å². The van der Waals surface area contributed by atoms with Gasteiger partial charge in [0.2, 0.25) is 0 Å². The standard InChI is InChI=1S/C23H18N8O/c1-28-15-18(13-25-28)31-23(32)22-21(27-31)19-5-2-3-6-20(19)30(26-22)14-16-7-9-17(10-8-16)29-12-4-11-24-29/h2-13,15H,14H2,1H3. The van der Waals surface area contributed by atoms with Gasteiger partial charge in [-0.05, 0) is 29.8 Å². The van der Waals surface area contributed by atoms with Crippen molar-refractivity contribution in [3.63, 3.8) is 0 Å². The van der Waals surface area contributed by atoms with Crippen molar-refractivity contribution in [2.75, 3.05) is 0 Å². The van der Waals surface area contributed by atoms with Crippen LogP contribution in [0.25, 0.3) is 33.7 Å². The van der Waals surface area contributed by atoms with Crippen molar-refractivity contribution in [2.45, 2.75) is 6.54 Å². The minimum Gasteiger partial charge on any atom is -0.274 e. The lowest BCUT2D eigenvalue weighted by atomic mass is 10.1. The quantitative estimate of drug-likeness (QED) is 0.436. The van der Waals surface area contributed by atoms with Gasteiger partial charge in [0.15, 0.2) is 5.69 Å². The third kappa shape index (κ3) is 2.90. The van der Waals surface area contributed by atoms with E-state index in [-0.39, 0.29) is 5.56 Å². The predicted octanol–water partition coefficient (Wildman–Crippen LogP) is 2.65. The Balaban J connectivity index is 1.47. The molecule has 0 radical (unpaired) electrons. The van der Waals surface area contributed by atoms with Gasteiger partial charge < -0.3 is 0 Å². The van der Waals surface area contributed by atoms with E-state index in [9.17, 15) is 4.79 Å². The molecule has 9 heteroatoms. The maximum absolute atomic E-state index is 13.1. The number of hydrogen-bond acceptors (Lipinski definition) is 5. The zero-order valence-corrected chi connectivity index (χ0v) is 17.2. The van der Waals surface area contributed by atoms with Gasteiger partial charge in [-0.3, -0.25) is 14.2 Å². The number of benzene rings is 2. The molecule has 156 valence electrons. The van der Waals surface area contributed by atoms with Crippen molar-refractivity contribution in [3.8, 4) is 22.8 Å². The first-order valence-electron chi connectivity index (χ1n) is 10.1. The molecule has 2 aliphatic heterocycles. The minimum absolute atomic E-state index is 0.262. The third-order valence-electron chi connectivity index (χ3n) is 5.45. The van der Waals surface area contributed by atoms with E-state index >= 15 is 0 Å². The summed E-state index contributed by atoms with van der Waals surface area (Å²) in [5, 5.41) is 18.6. The van der Waals surface area contributed by atoms with E-state index in [1.807, 2.05) is 70.2 Å². The van der Waals surface area contributed by atoms with Crippen LogP contribution in [0.5, 0.6) is 0 Å². The summed E-state index contributed by atoms with van der Waals surface area (Å²) in [7, 11) is 1.80. The number of nitrogens with zero attached hydrogens (tertiary/aromatic N) is 8. The maximum atomic E-state index is 13.1. The van der Waals surface area contributed by atoms with Crippen LogP contribution in [0.3, 0.4) is 0 Å². The highest BCUT2D eigenvalue weighted by Gasteiger charge is 2.23. The van der Waals surface area contributed by atoms with Crippen LogP contribution in [0.15, 0.2) is 84.2 Å². The smallest absolute Gasteiger partial charge is 0.274 e. The van der Waals surface area contributed by atoms with E-state index in [2.05, 4.69) is 15.3 Å². The first-order chi connectivity index (χ1) is 15.7. The maximum Gasteiger partial charge on any atom is 0.301 e. The Morgan fingerprint density at radius 1 is 0.875 bits per heavy atom. The average molecular weight is 422 g/mol. The van der Waals surface area contributed by atoms with Crippen LogP contribution in [-0.4, -0.2) is 39.1 Å². The first kappa shape index (κ1) is 18.3. The highest BCUT2D eigenvalue weighted by molar-refractivity contribution is 5.92. The van der Waals surface area contributed by atoms with Crippen molar-refractivity contribution in [1.29, 1.82) is 0 Å². The summed E-state index contributed by atoms with van der Waals surface area (Å²) in [6.45, 7) is 0.521. The molecule has 4 aromatic rings. The van der Waals surface area contributed by atoms with Gasteiger partial charge in [0, 0.05) is 24.8 Å². The van der Waals surface area contributed by atoms with E-state index in [1.165, 1.54) is 4.68 Å². The van der Waals surface area contributed by atoms with E-state index in [0.29, 0.717) is 23.6 Å². The number of aromatic nitrogens is 8. The molecule has 0 saturated carbocycles. The SMILES string of the molecule is Cn1cc(-n2nc3c4ccccc4n(Cc4ccc(-n5cccn5)cc4)nc-3c2=O)cn1. The second kappa shape index (κ2) is 7.02. The number of aryl methyl sites for hydroxylation is 1. The van der Waals surface area contributed by atoms with Crippen LogP contribution in [0, 0.1) is 0 Å². The van der Waals surface area contributed by atoms with Crippen LogP contribution in [0.4, 0.5) is 0 Å². The molecule has 0 atom stereocenters. The number of rotatable bonds is 4. The zero-order valence-electron chi connectivity index (χ0n) is 17.2. The molecule has 0 unspecified atom stereocenters. The summed E-state index contributed by atoms with van der Waals surface area (Å²) in [5.74, 6) is 0. The van der Waals surface area contributed by atoms with Crippen molar-refractivity contribution in [3.05, 3.63) is 95.3 Å². The van der Waals surface area contributed by atoms with Crippen molar-refractivity contribution >= 4 is 10.9 Å². The third-order valence-corrected chi connectivity index (χ3v) is 5.45. The Labute approximate surface area is 182 Å². The summed E-state index contributed by atoms with van der Waals surface area (Å²) in [6.07, 6.45) is 7.03. The molecule has 0 spiro atoms. The fourth-order valence-corrected chi connectivity index (χ4v) is 3.90. The van der Waals surface area contributed by atoms with E-state index < -0.39 is 0 Å². The molecule has 0 bridgehead atoms. The van der Waals surface area contributed by atoms with Gasteiger partial charge in [-0.15, -0.1) is 0 Å². The Hall–Kier alpha value is -4.53. The van der Waals surface area contributed by atoms with Gasteiger partial charge in [-0.25, -0.2) is 4.68 Å². The predicted molar refractivity (Wildman–Crippen MR) is 119 cm³/mol. The number of hydrogen-bond donors (Lipinski definition) is 0. The molecule has 0 aliphatic carbocycles. The van der Waals surface area contributed by atoms with Gasteiger partial charge in [-0.1, -0.05) is 30.3 Å². The lowest BCUT2D eigenvalue weighted by Crippen LogP contribution is -2.17. The van der Waals surface area contributed by atoms with Crippen LogP contribution >= 0.6 is 0 Å². The molecule has 0 fully saturated rings. The summed E-state index contributed by atoms with van der Waals surface area (Å²) in [5.41, 5.74) is 4.22. The first-order valence-corrected chi connectivity index (χ1v) is 10.1. The van der Waals surface area contributed by atoms with Gasteiger partial charge in [0.1, 0.15) is 11.4 Å². The lowest BCUT2D eigenvalue weighted by Gasteiger charge is -2.12. The van der Waals surface area contributed by atoms with Crippen LogP contribution in [0.1, 0.15) is 5.56 Å². The number of fused-ring (bicyclic) bond motifs is 3. The van der Waals surface area contributed by atoms with Crippen LogP contribution in [0.2, 0.25) is 0 Å². The van der Waals surface area contributed by atoms with Crippen molar-refractivity contribution < 1.29 is 0 Å². The van der Waals surface area contributed by atoms with Crippen molar-refractivity contribution in [1.82, 2.24) is 39.1 Å². The molecule has 6 rings (SSSR count). The summed E-state index contributed by atoms with van der Waals surface area (Å²) in [4.78, 5) is 13.1. The Morgan fingerprint density at radius 2 is 1.72 bits per heavy atom.